The summed E-state index contributed by atoms with van der Waals surface area (Å²) >= 11 is 0. The predicted molar refractivity (Wildman–Crippen MR) is 78.6 cm³/mol. The SMILES string of the molecule is O=C1c2ccccc2CN1[C@@H](CO)[C@@H](O)c1ccccc1. The van der Waals surface area contributed by atoms with Crippen molar-refractivity contribution in [2.75, 3.05) is 6.61 Å². The number of aliphatic hydroxyl groups excluding tert-OH is 2. The van der Waals surface area contributed by atoms with Crippen LogP contribution in [0.15, 0.2) is 54.6 Å². The molecule has 2 N–H and O–H groups in total. The van der Waals surface area contributed by atoms with Crippen LogP contribution < -0.4 is 0 Å². The van der Waals surface area contributed by atoms with Gasteiger partial charge in [-0.05, 0) is 17.2 Å². The Kier molecular flexibility index (Phi) is 3.73. The Labute approximate surface area is 123 Å². The first-order valence-corrected chi connectivity index (χ1v) is 6.95. The summed E-state index contributed by atoms with van der Waals surface area (Å²) in [7, 11) is 0. The molecule has 2 aromatic rings. The summed E-state index contributed by atoms with van der Waals surface area (Å²) in [6, 6.07) is 15.8. The van der Waals surface area contributed by atoms with Gasteiger partial charge in [-0.2, -0.15) is 0 Å². The van der Waals surface area contributed by atoms with Crippen molar-refractivity contribution in [3.8, 4) is 0 Å². The molecule has 2 aromatic carbocycles. The van der Waals surface area contributed by atoms with Crippen LogP contribution in [0.4, 0.5) is 0 Å². The zero-order valence-electron chi connectivity index (χ0n) is 11.5. The predicted octanol–water partition coefficient (Wildman–Crippen LogP) is 1.74. The van der Waals surface area contributed by atoms with E-state index in [-0.39, 0.29) is 12.5 Å². The molecule has 1 amide bonds. The van der Waals surface area contributed by atoms with Crippen LogP contribution in [0, 0.1) is 0 Å². The zero-order valence-corrected chi connectivity index (χ0v) is 11.5. The van der Waals surface area contributed by atoms with Crippen molar-refractivity contribution in [3.05, 3.63) is 71.3 Å². The molecule has 0 aromatic heterocycles. The van der Waals surface area contributed by atoms with Gasteiger partial charge in [0.1, 0.15) is 6.10 Å². The number of aliphatic hydroxyl groups is 2. The molecule has 108 valence electrons. The van der Waals surface area contributed by atoms with Crippen LogP contribution >= 0.6 is 0 Å². The quantitative estimate of drug-likeness (QED) is 0.898. The number of rotatable bonds is 4. The molecule has 2 atom stereocenters. The lowest BCUT2D eigenvalue weighted by Crippen LogP contribution is -2.42. The second kappa shape index (κ2) is 5.68. The number of carbonyl (C=O) groups excluding carboxylic acids is 1. The molecule has 0 unspecified atom stereocenters. The van der Waals surface area contributed by atoms with Gasteiger partial charge in [0.15, 0.2) is 0 Å². The third kappa shape index (κ3) is 2.44. The summed E-state index contributed by atoms with van der Waals surface area (Å²) in [5, 5.41) is 20.1. The van der Waals surface area contributed by atoms with Crippen molar-refractivity contribution in [2.24, 2.45) is 0 Å². The lowest BCUT2D eigenvalue weighted by molar-refractivity contribution is 0.0152. The maximum Gasteiger partial charge on any atom is 0.254 e. The molecule has 0 radical (unpaired) electrons. The van der Waals surface area contributed by atoms with E-state index in [0.717, 1.165) is 5.56 Å². The van der Waals surface area contributed by atoms with E-state index < -0.39 is 12.1 Å². The average Bonchev–Trinajstić information content (AvgIpc) is 2.86. The van der Waals surface area contributed by atoms with Crippen molar-refractivity contribution >= 4 is 5.91 Å². The minimum Gasteiger partial charge on any atom is -0.394 e. The van der Waals surface area contributed by atoms with Crippen molar-refractivity contribution in [1.82, 2.24) is 4.90 Å². The van der Waals surface area contributed by atoms with Crippen molar-refractivity contribution in [1.29, 1.82) is 0 Å². The number of fused-ring (bicyclic) bond motifs is 1. The van der Waals surface area contributed by atoms with Crippen LogP contribution in [-0.4, -0.2) is 33.7 Å². The highest BCUT2D eigenvalue weighted by Crippen LogP contribution is 2.29. The molecule has 1 heterocycles. The fourth-order valence-electron chi connectivity index (χ4n) is 2.79. The van der Waals surface area contributed by atoms with Gasteiger partial charge in [0.05, 0.1) is 12.6 Å². The van der Waals surface area contributed by atoms with Crippen LogP contribution in [-0.2, 0) is 6.54 Å². The Morgan fingerprint density at radius 1 is 1.05 bits per heavy atom. The van der Waals surface area contributed by atoms with Gasteiger partial charge in [0.2, 0.25) is 0 Å². The molecular formula is C17H17NO3. The van der Waals surface area contributed by atoms with Crippen LogP contribution in [0.5, 0.6) is 0 Å². The molecule has 4 nitrogen and oxygen atoms in total. The lowest BCUT2D eigenvalue weighted by Gasteiger charge is -2.30. The highest BCUT2D eigenvalue weighted by Gasteiger charge is 2.36. The summed E-state index contributed by atoms with van der Waals surface area (Å²) in [5.41, 5.74) is 2.28. The summed E-state index contributed by atoms with van der Waals surface area (Å²) in [4.78, 5) is 14.0. The minimum atomic E-state index is -0.908. The maximum atomic E-state index is 12.4. The third-order valence-corrected chi connectivity index (χ3v) is 3.94. The smallest absolute Gasteiger partial charge is 0.254 e. The molecular weight excluding hydrogens is 266 g/mol. The molecule has 0 fully saturated rings. The van der Waals surface area contributed by atoms with E-state index in [0.29, 0.717) is 17.7 Å². The molecule has 0 spiro atoms. The van der Waals surface area contributed by atoms with E-state index in [2.05, 4.69) is 0 Å². The van der Waals surface area contributed by atoms with Crippen molar-refractivity contribution in [3.63, 3.8) is 0 Å². The van der Waals surface area contributed by atoms with Gasteiger partial charge in [0.25, 0.3) is 5.91 Å². The van der Waals surface area contributed by atoms with Gasteiger partial charge in [-0.15, -0.1) is 0 Å². The molecule has 1 aliphatic heterocycles. The highest BCUT2D eigenvalue weighted by molar-refractivity contribution is 5.98. The largest absolute Gasteiger partial charge is 0.394 e. The van der Waals surface area contributed by atoms with Crippen molar-refractivity contribution in [2.45, 2.75) is 18.7 Å². The second-order valence-corrected chi connectivity index (χ2v) is 5.20. The van der Waals surface area contributed by atoms with Gasteiger partial charge >= 0.3 is 0 Å². The van der Waals surface area contributed by atoms with Gasteiger partial charge in [-0.3, -0.25) is 4.79 Å². The number of amides is 1. The molecule has 3 rings (SSSR count). The van der Waals surface area contributed by atoms with Gasteiger partial charge in [0, 0.05) is 12.1 Å². The maximum absolute atomic E-state index is 12.4. The molecule has 1 aliphatic rings. The van der Waals surface area contributed by atoms with E-state index in [1.807, 2.05) is 36.4 Å². The first kappa shape index (κ1) is 13.8. The number of hydrogen-bond donors (Lipinski definition) is 2. The fraction of sp³-hybridized carbons (Fsp3) is 0.235. The first-order chi connectivity index (χ1) is 10.2. The normalized spacial score (nSPS) is 16.7. The van der Waals surface area contributed by atoms with Crippen LogP contribution in [0.1, 0.15) is 27.6 Å². The Balaban J connectivity index is 1.87. The van der Waals surface area contributed by atoms with E-state index in [9.17, 15) is 15.0 Å². The summed E-state index contributed by atoms with van der Waals surface area (Å²) < 4.78 is 0. The molecule has 0 saturated carbocycles. The van der Waals surface area contributed by atoms with Crippen molar-refractivity contribution < 1.29 is 15.0 Å². The minimum absolute atomic E-state index is 0.139. The topological polar surface area (TPSA) is 60.8 Å². The Hall–Kier alpha value is -2.17. The van der Waals surface area contributed by atoms with Gasteiger partial charge < -0.3 is 15.1 Å². The number of carbonyl (C=O) groups is 1. The number of hydrogen-bond acceptors (Lipinski definition) is 3. The van der Waals surface area contributed by atoms with Crippen LogP contribution in [0.2, 0.25) is 0 Å². The second-order valence-electron chi connectivity index (χ2n) is 5.20. The molecule has 21 heavy (non-hydrogen) atoms. The summed E-state index contributed by atoms with van der Waals surface area (Å²) in [6.07, 6.45) is -0.908. The number of benzene rings is 2. The average molecular weight is 283 g/mol. The van der Waals surface area contributed by atoms with E-state index in [4.69, 9.17) is 0 Å². The Morgan fingerprint density at radius 3 is 2.38 bits per heavy atom. The monoisotopic (exact) mass is 283 g/mol. The molecule has 4 heteroatoms. The summed E-state index contributed by atoms with van der Waals surface area (Å²) in [6.45, 7) is 0.139. The molecule has 0 saturated heterocycles. The van der Waals surface area contributed by atoms with E-state index in [1.54, 1.807) is 23.1 Å². The first-order valence-electron chi connectivity index (χ1n) is 6.95. The van der Waals surface area contributed by atoms with E-state index >= 15 is 0 Å². The number of nitrogens with zero attached hydrogens (tertiary/aromatic N) is 1. The standard InChI is InChI=1S/C17H17NO3/c19-11-15(16(20)12-6-2-1-3-7-12)18-10-13-8-4-5-9-14(13)17(18)21/h1-9,15-16,19-20H,10-11H2/t15-,16-/m0/s1. The van der Waals surface area contributed by atoms with Crippen LogP contribution in [0.3, 0.4) is 0 Å². The van der Waals surface area contributed by atoms with Gasteiger partial charge in [-0.25, -0.2) is 0 Å². The van der Waals surface area contributed by atoms with Gasteiger partial charge in [-0.1, -0.05) is 48.5 Å². The molecule has 0 bridgehead atoms. The Morgan fingerprint density at radius 2 is 1.71 bits per heavy atom. The highest BCUT2D eigenvalue weighted by atomic mass is 16.3. The lowest BCUT2D eigenvalue weighted by atomic mass is 10.0. The summed E-state index contributed by atoms with van der Waals surface area (Å²) in [5.74, 6) is -0.139. The third-order valence-electron chi connectivity index (χ3n) is 3.94. The molecule has 0 aliphatic carbocycles. The van der Waals surface area contributed by atoms with Crippen LogP contribution in [0.25, 0.3) is 0 Å². The van der Waals surface area contributed by atoms with E-state index in [1.165, 1.54) is 0 Å². The fourth-order valence-corrected chi connectivity index (χ4v) is 2.79. The zero-order chi connectivity index (χ0) is 14.8. The Bertz CT molecular complexity index is 641.